The molecule has 0 saturated heterocycles. The third kappa shape index (κ3) is 3.46. The van der Waals surface area contributed by atoms with Gasteiger partial charge in [-0.05, 0) is 16.8 Å². The zero-order valence-electron chi connectivity index (χ0n) is 10.6. The van der Waals surface area contributed by atoms with Crippen molar-refractivity contribution in [3.8, 4) is 0 Å². The molecule has 1 aromatic heterocycles. The molecule has 9 heteroatoms. The lowest BCUT2D eigenvalue weighted by Crippen LogP contribution is -2.42. The molecule has 0 spiro atoms. The second-order valence-electron chi connectivity index (χ2n) is 3.37. The minimum atomic E-state index is -2.48. The molecule has 0 aromatic carbocycles. The predicted molar refractivity (Wildman–Crippen MR) is 63.6 cm³/mol. The van der Waals surface area contributed by atoms with E-state index in [1.54, 1.807) is 33.1 Å². The van der Waals surface area contributed by atoms with E-state index in [1.165, 1.54) is 0 Å². The first kappa shape index (κ1) is 14.0. The van der Waals surface area contributed by atoms with E-state index < -0.39 is 8.80 Å². The van der Waals surface area contributed by atoms with Crippen LogP contribution in [0.2, 0.25) is 6.04 Å². The molecule has 0 aliphatic carbocycles. The fourth-order valence-corrected chi connectivity index (χ4v) is 3.24. The molecule has 98 valence electrons. The Balaban J connectivity index is 2.46. The molecule has 0 saturated carbocycles. The van der Waals surface area contributed by atoms with Crippen molar-refractivity contribution >= 4 is 14.8 Å². The number of hydrogen-bond donors (Lipinski definition) is 1. The molecule has 0 atom stereocenters. The molecule has 0 radical (unpaired) electrons. The van der Waals surface area contributed by atoms with Crippen LogP contribution >= 0.6 is 0 Å². The van der Waals surface area contributed by atoms with Crippen LogP contribution in [-0.2, 0) is 19.8 Å². The molecule has 0 aliphatic rings. The van der Waals surface area contributed by atoms with Gasteiger partial charge in [-0.15, -0.1) is 0 Å². The van der Waals surface area contributed by atoms with Crippen LogP contribution < -0.4 is 5.32 Å². The summed E-state index contributed by atoms with van der Waals surface area (Å²) in [4.78, 5) is 0. The smallest absolute Gasteiger partial charge is 0.377 e. The van der Waals surface area contributed by atoms with Crippen LogP contribution in [0, 0.1) is 0 Å². The van der Waals surface area contributed by atoms with Crippen molar-refractivity contribution in [3.63, 3.8) is 0 Å². The van der Waals surface area contributed by atoms with E-state index in [0.717, 1.165) is 12.5 Å². The zero-order chi connectivity index (χ0) is 12.7. The Kier molecular flexibility index (Phi) is 5.48. The van der Waals surface area contributed by atoms with Gasteiger partial charge in [0, 0.05) is 41.0 Å². The largest absolute Gasteiger partial charge is 0.500 e. The van der Waals surface area contributed by atoms with Gasteiger partial charge in [-0.3, -0.25) is 0 Å². The SMILES string of the molecule is CNc1nnnn1CCC[Si](OC)(OC)OC. The van der Waals surface area contributed by atoms with Crippen molar-refractivity contribution in [2.24, 2.45) is 0 Å². The van der Waals surface area contributed by atoms with Gasteiger partial charge >= 0.3 is 8.80 Å². The summed E-state index contributed by atoms with van der Waals surface area (Å²) in [6.07, 6.45) is 0.821. The van der Waals surface area contributed by atoms with Crippen molar-refractivity contribution < 1.29 is 13.3 Å². The molecule has 1 rings (SSSR count). The summed E-state index contributed by atoms with van der Waals surface area (Å²) >= 11 is 0. The summed E-state index contributed by atoms with van der Waals surface area (Å²) in [5.41, 5.74) is 0. The number of hydrogen-bond acceptors (Lipinski definition) is 7. The molecule has 0 fully saturated rings. The summed E-state index contributed by atoms with van der Waals surface area (Å²) in [7, 11) is 4.12. The first-order valence-corrected chi connectivity index (χ1v) is 7.24. The van der Waals surface area contributed by atoms with Crippen molar-refractivity contribution in [2.75, 3.05) is 33.7 Å². The minimum absolute atomic E-state index is 0.643. The molecule has 0 unspecified atom stereocenters. The van der Waals surface area contributed by atoms with Crippen LogP contribution in [0.15, 0.2) is 0 Å². The van der Waals surface area contributed by atoms with E-state index in [9.17, 15) is 0 Å². The Hall–Kier alpha value is -1.03. The maximum Gasteiger partial charge on any atom is 0.500 e. The van der Waals surface area contributed by atoms with Gasteiger partial charge in [0.15, 0.2) is 0 Å². The third-order valence-corrected chi connectivity index (χ3v) is 5.37. The lowest BCUT2D eigenvalue weighted by atomic mass is 10.5. The summed E-state index contributed by atoms with van der Waals surface area (Å²) < 4.78 is 17.7. The molecular weight excluding hydrogens is 242 g/mol. The highest BCUT2D eigenvalue weighted by Crippen LogP contribution is 2.15. The normalized spacial score (nSPS) is 11.8. The Labute approximate surface area is 102 Å². The molecule has 1 heterocycles. The summed E-state index contributed by atoms with van der Waals surface area (Å²) in [5, 5.41) is 14.2. The fourth-order valence-electron chi connectivity index (χ4n) is 1.54. The molecule has 0 aliphatic heterocycles. The van der Waals surface area contributed by atoms with Crippen LogP contribution in [0.4, 0.5) is 5.95 Å². The maximum absolute atomic E-state index is 5.33. The average molecular weight is 261 g/mol. The number of aromatic nitrogens is 4. The van der Waals surface area contributed by atoms with E-state index in [-0.39, 0.29) is 0 Å². The summed E-state index contributed by atoms with van der Waals surface area (Å²) in [5.74, 6) is 0.643. The highest BCUT2D eigenvalue weighted by Gasteiger charge is 2.36. The first-order valence-electron chi connectivity index (χ1n) is 5.30. The molecule has 1 N–H and O–H groups in total. The van der Waals surface area contributed by atoms with E-state index >= 15 is 0 Å². The number of tetrazole rings is 1. The third-order valence-electron chi connectivity index (χ3n) is 2.54. The number of anilines is 1. The molecular formula is C8H19N5O3Si. The van der Waals surface area contributed by atoms with Crippen LogP contribution in [0.5, 0.6) is 0 Å². The lowest BCUT2D eigenvalue weighted by Gasteiger charge is -2.24. The number of aryl methyl sites for hydroxylation is 1. The predicted octanol–water partition coefficient (Wildman–Crippen LogP) is -0.0170. The second kappa shape index (κ2) is 6.64. The van der Waals surface area contributed by atoms with E-state index in [1.807, 2.05) is 0 Å². The van der Waals surface area contributed by atoms with Crippen LogP contribution in [0.3, 0.4) is 0 Å². The van der Waals surface area contributed by atoms with Gasteiger partial charge in [-0.1, -0.05) is 5.10 Å². The number of rotatable bonds is 8. The Morgan fingerprint density at radius 3 is 2.41 bits per heavy atom. The van der Waals surface area contributed by atoms with Gasteiger partial charge in [0.25, 0.3) is 0 Å². The van der Waals surface area contributed by atoms with Crippen molar-refractivity contribution in [1.82, 2.24) is 20.2 Å². The van der Waals surface area contributed by atoms with Crippen molar-refractivity contribution in [3.05, 3.63) is 0 Å². The fraction of sp³-hybridized carbons (Fsp3) is 0.875. The molecule has 1 aromatic rings. The van der Waals surface area contributed by atoms with E-state index in [2.05, 4.69) is 20.8 Å². The standard InChI is InChI=1S/C8H19N5O3Si/c1-9-8-10-11-12-13(8)6-5-7-17(14-2,15-3)16-4/h5-7H2,1-4H3,(H,9,10,12). The van der Waals surface area contributed by atoms with E-state index in [4.69, 9.17) is 13.3 Å². The minimum Gasteiger partial charge on any atom is -0.377 e. The number of nitrogens with one attached hydrogen (secondary N) is 1. The topological polar surface area (TPSA) is 83.3 Å². The highest BCUT2D eigenvalue weighted by atomic mass is 28.4. The van der Waals surface area contributed by atoms with Gasteiger partial charge in [-0.25, -0.2) is 4.68 Å². The monoisotopic (exact) mass is 261 g/mol. The van der Waals surface area contributed by atoms with E-state index in [0.29, 0.717) is 12.5 Å². The van der Waals surface area contributed by atoms with Crippen LogP contribution in [-0.4, -0.2) is 57.4 Å². The highest BCUT2D eigenvalue weighted by molar-refractivity contribution is 6.60. The molecule has 17 heavy (non-hydrogen) atoms. The second-order valence-corrected chi connectivity index (χ2v) is 6.47. The molecule has 0 amide bonds. The van der Waals surface area contributed by atoms with Crippen LogP contribution in [0.1, 0.15) is 6.42 Å². The average Bonchev–Trinajstić information content (AvgIpc) is 2.83. The van der Waals surface area contributed by atoms with Gasteiger partial charge < -0.3 is 18.6 Å². The zero-order valence-corrected chi connectivity index (χ0v) is 11.6. The van der Waals surface area contributed by atoms with Crippen molar-refractivity contribution in [1.29, 1.82) is 0 Å². The van der Waals surface area contributed by atoms with Gasteiger partial charge in [-0.2, -0.15) is 0 Å². The van der Waals surface area contributed by atoms with Crippen LogP contribution in [0.25, 0.3) is 0 Å². The Bertz CT molecular complexity index is 322. The maximum atomic E-state index is 5.33. The van der Waals surface area contributed by atoms with Gasteiger partial charge in [0.2, 0.25) is 5.95 Å². The quantitative estimate of drug-likeness (QED) is 0.658. The first-order chi connectivity index (χ1) is 8.21. The summed E-state index contributed by atoms with van der Waals surface area (Å²) in [6, 6.07) is 0.722. The lowest BCUT2D eigenvalue weighted by molar-refractivity contribution is 0.122. The van der Waals surface area contributed by atoms with Crippen molar-refractivity contribution in [2.45, 2.75) is 19.0 Å². The Morgan fingerprint density at radius 2 is 1.88 bits per heavy atom. The number of nitrogens with zero attached hydrogens (tertiary/aromatic N) is 4. The Morgan fingerprint density at radius 1 is 1.24 bits per heavy atom. The van der Waals surface area contributed by atoms with Gasteiger partial charge in [0.05, 0.1) is 0 Å². The molecule has 8 nitrogen and oxygen atoms in total. The van der Waals surface area contributed by atoms with Gasteiger partial charge in [0.1, 0.15) is 0 Å². The molecule has 0 bridgehead atoms. The summed E-state index contributed by atoms with van der Waals surface area (Å²) in [6.45, 7) is 0.688.